The lowest BCUT2D eigenvalue weighted by Crippen LogP contribution is -2.26. The summed E-state index contributed by atoms with van der Waals surface area (Å²) in [6.45, 7) is 3.08. The third kappa shape index (κ3) is 3.76. The topological polar surface area (TPSA) is 41.1 Å². The Bertz CT molecular complexity index is 787. The Kier molecular flexibility index (Phi) is 4.85. The van der Waals surface area contributed by atoms with E-state index in [4.69, 9.17) is 16.3 Å². The highest BCUT2D eigenvalue weighted by atomic mass is 35.5. The van der Waals surface area contributed by atoms with Gasteiger partial charge in [0.1, 0.15) is 24.0 Å². The van der Waals surface area contributed by atoms with E-state index in [1.54, 1.807) is 6.20 Å². The molecule has 0 fully saturated rings. The maximum absolute atomic E-state index is 13.7. The summed E-state index contributed by atoms with van der Waals surface area (Å²) in [6.07, 6.45) is 3.51. The van der Waals surface area contributed by atoms with Crippen LogP contribution in [0.2, 0.25) is 0 Å². The summed E-state index contributed by atoms with van der Waals surface area (Å²) in [6, 6.07) is 5.30. The summed E-state index contributed by atoms with van der Waals surface area (Å²) in [7, 11) is 0. The van der Waals surface area contributed by atoms with Gasteiger partial charge in [-0.1, -0.05) is 11.6 Å². The van der Waals surface area contributed by atoms with Gasteiger partial charge in [0.2, 0.25) is 0 Å². The first-order valence-electron chi connectivity index (χ1n) is 7.40. The second kappa shape index (κ2) is 7.05. The Morgan fingerprint density at radius 1 is 1.33 bits per heavy atom. The highest BCUT2D eigenvalue weighted by molar-refractivity contribution is 6.30. The first-order chi connectivity index (χ1) is 11.5. The number of hydrogen-bond donors (Lipinski definition) is 1. The van der Waals surface area contributed by atoms with Crippen molar-refractivity contribution in [3.63, 3.8) is 0 Å². The molecule has 2 aromatic rings. The van der Waals surface area contributed by atoms with Crippen LogP contribution >= 0.6 is 11.6 Å². The molecule has 1 aliphatic heterocycles. The van der Waals surface area contributed by atoms with E-state index in [1.165, 1.54) is 12.1 Å². The van der Waals surface area contributed by atoms with Gasteiger partial charge in [-0.25, -0.2) is 8.78 Å². The Balaban J connectivity index is 1.66. The number of halogens is 3. The first-order valence-corrected chi connectivity index (χ1v) is 7.77. The van der Waals surface area contributed by atoms with E-state index >= 15 is 0 Å². The van der Waals surface area contributed by atoms with Crippen LogP contribution in [0.25, 0.3) is 0 Å². The molecule has 7 heteroatoms. The predicted molar refractivity (Wildman–Crippen MR) is 86.8 cm³/mol. The molecule has 1 aromatic carbocycles. The van der Waals surface area contributed by atoms with Crippen LogP contribution in [0.5, 0.6) is 0 Å². The summed E-state index contributed by atoms with van der Waals surface area (Å²) < 4.78 is 32.2. The van der Waals surface area contributed by atoms with Gasteiger partial charge in [0.25, 0.3) is 0 Å². The number of nitrogens with one attached hydrogen (secondary N) is 1. The fourth-order valence-electron chi connectivity index (χ4n) is 2.40. The Morgan fingerprint density at radius 3 is 2.88 bits per heavy atom. The van der Waals surface area contributed by atoms with Gasteiger partial charge in [-0.3, -0.25) is 5.10 Å². The molecule has 3 rings (SSSR count). The van der Waals surface area contributed by atoms with Crippen LogP contribution in [0.3, 0.4) is 0 Å². The third-order valence-electron chi connectivity index (χ3n) is 3.75. The molecule has 0 aliphatic carbocycles. The smallest absolute Gasteiger partial charge is 0.137 e. The molecule has 1 aromatic heterocycles. The summed E-state index contributed by atoms with van der Waals surface area (Å²) in [4.78, 5) is 2.07. The lowest BCUT2D eigenvalue weighted by molar-refractivity contribution is 0.197. The lowest BCUT2D eigenvalue weighted by atomic mass is 10.2. The Hall–Kier alpha value is -2.34. The Labute approximate surface area is 143 Å². The molecule has 4 nitrogen and oxygen atoms in total. The van der Waals surface area contributed by atoms with Gasteiger partial charge in [0, 0.05) is 29.6 Å². The minimum atomic E-state index is -0.635. The molecular weight excluding hydrogens is 336 g/mol. The molecule has 0 unspecified atom stereocenters. The van der Waals surface area contributed by atoms with Crippen molar-refractivity contribution in [2.24, 2.45) is 0 Å². The molecule has 0 saturated carbocycles. The number of nitrogens with zero attached hydrogens (tertiary/aromatic N) is 2. The molecule has 24 heavy (non-hydrogen) atoms. The van der Waals surface area contributed by atoms with Crippen molar-refractivity contribution < 1.29 is 13.5 Å². The fourth-order valence-corrected chi connectivity index (χ4v) is 2.66. The number of ether oxygens (including phenoxy) is 1. The van der Waals surface area contributed by atoms with E-state index in [0.717, 1.165) is 17.5 Å². The molecule has 0 spiro atoms. The van der Waals surface area contributed by atoms with Crippen molar-refractivity contribution in [1.82, 2.24) is 15.1 Å². The summed E-state index contributed by atoms with van der Waals surface area (Å²) in [5.41, 5.74) is 2.23. The molecule has 1 N–H and O–H groups in total. The van der Waals surface area contributed by atoms with Crippen molar-refractivity contribution in [3.8, 4) is 0 Å². The maximum Gasteiger partial charge on any atom is 0.137 e. The van der Waals surface area contributed by atoms with Crippen molar-refractivity contribution in [1.29, 1.82) is 0 Å². The van der Waals surface area contributed by atoms with Crippen LogP contribution in [0, 0.1) is 11.6 Å². The molecule has 0 radical (unpaired) electrons. The Morgan fingerprint density at radius 2 is 2.17 bits per heavy atom. The van der Waals surface area contributed by atoms with Gasteiger partial charge in [0.15, 0.2) is 0 Å². The summed E-state index contributed by atoms with van der Waals surface area (Å²) in [5.74, 6) is -0.751. The number of aromatic nitrogens is 2. The second-order valence-corrected chi connectivity index (χ2v) is 5.97. The molecule has 1 aliphatic rings. The van der Waals surface area contributed by atoms with E-state index in [9.17, 15) is 8.78 Å². The van der Waals surface area contributed by atoms with Crippen LogP contribution in [0.4, 0.5) is 8.78 Å². The normalized spacial score (nSPS) is 14.8. The lowest BCUT2D eigenvalue weighted by Gasteiger charge is -2.29. The van der Waals surface area contributed by atoms with Gasteiger partial charge in [-0.2, -0.15) is 5.10 Å². The molecule has 126 valence electrons. The molecule has 2 heterocycles. The quantitative estimate of drug-likeness (QED) is 0.882. The van der Waals surface area contributed by atoms with Gasteiger partial charge in [0.05, 0.1) is 23.8 Å². The number of allylic oxidation sites excluding steroid dienone is 2. The van der Waals surface area contributed by atoms with Crippen LogP contribution < -0.4 is 0 Å². The van der Waals surface area contributed by atoms with Gasteiger partial charge < -0.3 is 9.64 Å². The highest BCUT2D eigenvalue weighted by Crippen LogP contribution is 2.26. The summed E-state index contributed by atoms with van der Waals surface area (Å²) in [5, 5.41) is 7.36. The molecular formula is C17H16ClF2N3O. The minimum Gasteiger partial charge on any atom is -0.487 e. The van der Waals surface area contributed by atoms with Crippen LogP contribution in [0.1, 0.15) is 18.2 Å². The molecule has 0 amide bonds. The van der Waals surface area contributed by atoms with Crippen molar-refractivity contribution in [2.45, 2.75) is 20.1 Å². The largest absolute Gasteiger partial charge is 0.487 e. The number of hydrogen-bond acceptors (Lipinski definition) is 3. The zero-order valence-corrected chi connectivity index (χ0v) is 13.8. The van der Waals surface area contributed by atoms with Crippen LogP contribution in [0.15, 0.2) is 53.0 Å². The van der Waals surface area contributed by atoms with E-state index in [1.807, 2.05) is 19.1 Å². The minimum absolute atomic E-state index is 0.0119. The van der Waals surface area contributed by atoms with E-state index < -0.39 is 11.6 Å². The average Bonchev–Trinajstić information content (AvgIpc) is 3.03. The number of benzene rings is 1. The first kappa shape index (κ1) is 16.5. The standard InChI is InChI=1S/C17H16ClF2N3O/c1-11-6-17(24-10-12-2-3-13(19)7-16(12)20)15(18)9-23(11)8-14-4-5-21-22-14/h2-7H,8-10H2,1H3,(H,21,22). The third-order valence-corrected chi connectivity index (χ3v) is 4.06. The number of rotatable bonds is 5. The van der Waals surface area contributed by atoms with E-state index in [2.05, 4.69) is 15.1 Å². The second-order valence-electron chi connectivity index (χ2n) is 5.52. The molecule has 0 atom stereocenters. The zero-order chi connectivity index (χ0) is 17.1. The SMILES string of the molecule is CC1=CC(OCc2ccc(F)cc2F)=C(Cl)CN1Cc1ccn[nH]1. The predicted octanol–water partition coefficient (Wildman–Crippen LogP) is 4.07. The monoisotopic (exact) mass is 351 g/mol. The van der Waals surface area contributed by atoms with E-state index in [-0.39, 0.29) is 12.2 Å². The molecule has 0 bridgehead atoms. The van der Waals surface area contributed by atoms with E-state index in [0.29, 0.717) is 23.9 Å². The van der Waals surface area contributed by atoms with Crippen molar-refractivity contribution >= 4 is 11.6 Å². The highest BCUT2D eigenvalue weighted by Gasteiger charge is 2.19. The number of aromatic amines is 1. The zero-order valence-electron chi connectivity index (χ0n) is 13.0. The number of H-pyrrole nitrogens is 1. The average molecular weight is 352 g/mol. The van der Waals surface area contributed by atoms with Gasteiger partial charge in [-0.15, -0.1) is 0 Å². The van der Waals surface area contributed by atoms with Crippen LogP contribution in [-0.2, 0) is 17.9 Å². The molecule has 0 saturated heterocycles. The summed E-state index contributed by atoms with van der Waals surface area (Å²) >= 11 is 6.30. The van der Waals surface area contributed by atoms with Gasteiger partial charge in [-0.05, 0) is 25.1 Å². The fraction of sp³-hybridized carbons (Fsp3) is 0.235. The van der Waals surface area contributed by atoms with Crippen LogP contribution in [-0.4, -0.2) is 21.6 Å². The van der Waals surface area contributed by atoms with Crippen molar-refractivity contribution in [2.75, 3.05) is 6.54 Å². The van der Waals surface area contributed by atoms with Gasteiger partial charge >= 0.3 is 0 Å². The van der Waals surface area contributed by atoms with Crippen molar-refractivity contribution in [3.05, 3.63) is 75.9 Å². The maximum atomic E-state index is 13.7.